The maximum absolute atomic E-state index is 11.8. The average molecular weight is 455 g/mol. The van der Waals surface area contributed by atoms with Crippen LogP contribution in [0.4, 0.5) is 0 Å². The van der Waals surface area contributed by atoms with Crippen molar-refractivity contribution < 1.29 is 47.8 Å². The number of phosphoric ester groups is 1. The molecule has 30 heavy (non-hydrogen) atoms. The lowest BCUT2D eigenvalue weighted by Gasteiger charge is -2.18. The van der Waals surface area contributed by atoms with Crippen LogP contribution in [-0.4, -0.2) is 64.9 Å². The van der Waals surface area contributed by atoms with Gasteiger partial charge in [-0.15, -0.1) is 0 Å². The summed E-state index contributed by atoms with van der Waals surface area (Å²) in [5.41, 5.74) is 0. The molecule has 11 nitrogen and oxygen atoms in total. The highest BCUT2D eigenvalue weighted by Gasteiger charge is 2.28. The number of nitrogens with one attached hydrogen (secondary N) is 1. The molecule has 0 fully saturated rings. The zero-order valence-electron chi connectivity index (χ0n) is 17.6. The van der Waals surface area contributed by atoms with Crippen LogP contribution in [0.25, 0.3) is 0 Å². The number of unbranched alkanes of at least 4 members (excludes halogenated alkanes) is 4. The van der Waals surface area contributed by atoms with Crippen molar-refractivity contribution in [3.63, 3.8) is 0 Å². The summed E-state index contributed by atoms with van der Waals surface area (Å²) in [6.07, 6.45) is 4.30. The zero-order chi connectivity index (χ0) is 23.0. The summed E-state index contributed by atoms with van der Waals surface area (Å²) in [4.78, 5) is 43.7. The summed E-state index contributed by atoms with van der Waals surface area (Å²) in [7, 11) is -4.69. The molecule has 0 aliphatic heterocycles. The molecule has 0 aromatic carbocycles. The highest BCUT2D eigenvalue weighted by atomic mass is 31.2. The normalized spacial score (nSPS) is 15.1. The van der Waals surface area contributed by atoms with Gasteiger partial charge in [0.1, 0.15) is 12.7 Å². The van der Waals surface area contributed by atoms with Crippen LogP contribution in [0, 0.1) is 0 Å². The van der Waals surface area contributed by atoms with Crippen molar-refractivity contribution in [3.8, 4) is 0 Å². The molecule has 0 rings (SSSR count). The molecule has 0 heterocycles. The zero-order valence-corrected chi connectivity index (χ0v) is 18.5. The second-order valence-electron chi connectivity index (χ2n) is 6.77. The lowest BCUT2D eigenvalue weighted by molar-refractivity contribution is -0.147. The predicted octanol–water partition coefficient (Wildman–Crippen LogP) is 1.75. The SMILES string of the molecule is CCCCCCCC(=O)OCC(O)COP(=O)(O)OCC(NC(=O)CCC)C(=O)O. The minimum atomic E-state index is -4.69. The summed E-state index contributed by atoms with van der Waals surface area (Å²) < 4.78 is 25.8. The van der Waals surface area contributed by atoms with Crippen molar-refractivity contribution in [3.05, 3.63) is 0 Å². The van der Waals surface area contributed by atoms with E-state index in [0.29, 0.717) is 12.8 Å². The Morgan fingerprint density at radius 3 is 2.17 bits per heavy atom. The molecule has 0 radical (unpaired) electrons. The van der Waals surface area contributed by atoms with Crippen molar-refractivity contribution in [2.75, 3.05) is 19.8 Å². The van der Waals surface area contributed by atoms with Crippen LogP contribution in [0.3, 0.4) is 0 Å². The largest absolute Gasteiger partial charge is 0.480 e. The molecule has 0 aliphatic rings. The number of esters is 1. The Kier molecular flexibility index (Phi) is 15.4. The fraction of sp³-hybridized carbons (Fsp3) is 0.833. The van der Waals surface area contributed by atoms with Crippen molar-refractivity contribution >= 4 is 25.7 Å². The Morgan fingerprint density at radius 1 is 0.933 bits per heavy atom. The number of carbonyl (C=O) groups is 3. The quantitative estimate of drug-likeness (QED) is 0.136. The molecule has 3 atom stereocenters. The van der Waals surface area contributed by atoms with Crippen LogP contribution < -0.4 is 5.32 Å². The van der Waals surface area contributed by atoms with Gasteiger partial charge in [0.25, 0.3) is 0 Å². The van der Waals surface area contributed by atoms with E-state index in [9.17, 15) is 28.9 Å². The van der Waals surface area contributed by atoms with Crippen molar-refractivity contribution in [2.24, 2.45) is 0 Å². The standard InChI is InChI=1S/C18H34NO10P/c1-3-5-6-7-8-10-17(22)27-11-14(20)12-28-30(25,26)29-13-15(18(23)24)19-16(21)9-4-2/h14-15,20H,3-13H2,1-2H3,(H,19,21)(H,23,24)(H,25,26). The average Bonchev–Trinajstić information content (AvgIpc) is 2.68. The lowest BCUT2D eigenvalue weighted by atomic mass is 10.1. The van der Waals surface area contributed by atoms with E-state index < -0.39 is 57.6 Å². The first-order valence-electron chi connectivity index (χ1n) is 10.1. The molecular weight excluding hydrogens is 421 g/mol. The highest BCUT2D eigenvalue weighted by Crippen LogP contribution is 2.43. The second-order valence-corrected chi connectivity index (χ2v) is 8.22. The van der Waals surface area contributed by atoms with Crippen molar-refractivity contribution in [2.45, 2.75) is 77.4 Å². The number of carboxylic acids is 1. The molecule has 0 spiro atoms. The van der Waals surface area contributed by atoms with Gasteiger partial charge in [0.05, 0.1) is 13.2 Å². The van der Waals surface area contributed by atoms with Crippen LogP contribution in [0.2, 0.25) is 0 Å². The van der Waals surface area contributed by atoms with E-state index in [2.05, 4.69) is 21.3 Å². The number of hydrogen-bond donors (Lipinski definition) is 4. The number of phosphoric acid groups is 1. The summed E-state index contributed by atoms with van der Waals surface area (Å²) in [6, 6.07) is -1.53. The van der Waals surface area contributed by atoms with Gasteiger partial charge in [-0.3, -0.25) is 18.6 Å². The number of aliphatic hydroxyl groups is 1. The number of amides is 1. The van der Waals surface area contributed by atoms with E-state index in [-0.39, 0.29) is 12.8 Å². The Morgan fingerprint density at radius 2 is 1.57 bits per heavy atom. The lowest BCUT2D eigenvalue weighted by Crippen LogP contribution is -2.43. The molecule has 3 unspecified atom stereocenters. The molecule has 0 aliphatic carbocycles. The number of aliphatic carboxylic acids is 1. The molecule has 4 N–H and O–H groups in total. The summed E-state index contributed by atoms with van der Waals surface area (Å²) in [6.45, 7) is 1.93. The van der Waals surface area contributed by atoms with E-state index in [0.717, 1.165) is 25.7 Å². The van der Waals surface area contributed by atoms with E-state index in [1.54, 1.807) is 6.92 Å². The molecule has 176 valence electrons. The van der Waals surface area contributed by atoms with Gasteiger partial charge in [-0.25, -0.2) is 9.36 Å². The number of carboxylic acid groups (broad SMARTS) is 1. The fourth-order valence-electron chi connectivity index (χ4n) is 2.24. The van der Waals surface area contributed by atoms with E-state index in [1.165, 1.54) is 0 Å². The van der Waals surface area contributed by atoms with Gasteiger partial charge in [-0.2, -0.15) is 0 Å². The Labute approximate surface area is 176 Å². The first-order valence-corrected chi connectivity index (χ1v) is 11.6. The van der Waals surface area contributed by atoms with Crippen LogP contribution in [0.15, 0.2) is 0 Å². The van der Waals surface area contributed by atoms with Gasteiger partial charge < -0.3 is 25.2 Å². The first-order chi connectivity index (χ1) is 14.1. The van der Waals surface area contributed by atoms with E-state index in [4.69, 9.17) is 9.84 Å². The van der Waals surface area contributed by atoms with Crippen molar-refractivity contribution in [1.82, 2.24) is 5.32 Å². The fourth-order valence-corrected chi connectivity index (χ4v) is 3.01. The third-order valence-electron chi connectivity index (χ3n) is 3.87. The number of carbonyl (C=O) groups excluding carboxylic acids is 2. The van der Waals surface area contributed by atoms with Crippen LogP contribution in [0.1, 0.15) is 65.2 Å². The van der Waals surface area contributed by atoms with Crippen LogP contribution in [-0.2, 0) is 32.7 Å². The molecule has 0 aromatic heterocycles. The third kappa shape index (κ3) is 15.3. The number of ether oxygens (including phenoxy) is 1. The van der Waals surface area contributed by atoms with Crippen LogP contribution in [0.5, 0.6) is 0 Å². The van der Waals surface area contributed by atoms with Gasteiger partial charge in [-0.1, -0.05) is 39.5 Å². The minimum absolute atomic E-state index is 0.0979. The van der Waals surface area contributed by atoms with Gasteiger partial charge in [-0.05, 0) is 12.8 Å². The highest BCUT2D eigenvalue weighted by molar-refractivity contribution is 7.47. The molecule has 1 amide bonds. The summed E-state index contributed by atoms with van der Waals surface area (Å²) in [5.74, 6) is -2.47. The summed E-state index contributed by atoms with van der Waals surface area (Å²) >= 11 is 0. The molecular formula is C18H34NO10P. The Balaban J connectivity index is 4.18. The molecule has 0 saturated heterocycles. The smallest absolute Gasteiger partial charge is 0.472 e. The molecule has 0 aromatic rings. The molecule has 0 bridgehead atoms. The van der Waals surface area contributed by atoms with Gasteiger partial charge in [0.2, 0.25) is 5.91 Å². The maximum Gasteiger partial charge on any atom is 0.472 e. The minimum Gasteiger partial charge on any atom is -0.480 e. The number of hydrogen-bond acceptors (Lipinski definition) is 8. The van der Waals surface area contributed by atoms with Gasteiger partial charge >= 0.3 is 19.8 Å². The molecule has 0 saturated carbocycles. The van der Waals surface area contributed by atoms with E-state index >= 15 is 0 Å². The van der Waals surface area contributed by atoms with Crippen molar-refractivity contribution in [1.29, 1.82) is 0 Å². The second kappa shape index (κ2) is 16.2. The predicted molar refractivity (Wildman–Crippen MR) is 107 cm³/mol. The topological polar surface area (TPSA) is 169 Å². The van der Waals surface area contributed by atoms with Crippen LogP contribution >= 0.6 is 7.82 Å². The van der Waals surface area contributed by atoms with E-state index in [1.807, 2.05) is 0 Å². The Bertz CT molecular complexity index is 571. The summed E-state index contributed by atoms with van der Waals surface area (Å²) in [5, 5.41) is 20.9. The monoisotopic (exact) mass is 455 g/mol. The third-order valence-corrected chi connectivity index (χ3v) is 4.82. The molecule has 12 heteroatoms. The number of rotatable bonds is 18. The number of aliphatic hydroxyl groups excluding tert-OH is 1. The first kappa shape index (κ1) is 28.5. The van der Waals surface area contributed by atoms with Gasteiger partial charge in [0, 0.05) is 12.8 Å². The maximum atomic E-state index is 11.8. The Hall–Kier alpha value is -1.52. The van der Waals surface area contributed by atoms with Gasteiger partial charge in [0.15, 0.2) is 6.04 Å².